The molecule has 0 amide bonds. The van der Waals surface area contributed by atoms with Gasteiger partial charge in [0.2, 0.25) is 0 Å². The van der Waals surface area contributed by atoms with Gasteiger partial charge in [0, 0.05) is 74.4 Å². The summed E-state index contributed by atoms with van der Waals surface area (Å²) in [6, 6.07) is 14.4. The molecular formula is C50H64N12O4. The first-order chi connectivity index (χ1) is 32.1. The lowest BCUT2D eigenvalue weighted by Crippen LogP contribution is -2.51. The number of aromatic nitrogens is 8. The summed E-state index contributed by atoms with van der Waals surface area (Å²) in [6.07, 6.45) is 10.4. The van der Waals surface area contributed by atoms with Crippen LogP contribution in [0.25, 0.3) is 33.4 Å². The van der Waals surface area contributed by atoms with E-state index in [1.807, 2.05) is 47.7 Å². The molecule has 0 radical (unpaired) electrons. The lowest BCUT2D eigenvalue weighted by molar-refractivity contribution is 0.122. The monoisotopic (exact) mass is 897 g/mol. The van der Waals surface area contributed by atoms with E-state index in [9.17, 15) is 10.2 Å². The number of fused-ring (bicyclic) bond motifs is 2. The number of aryl methyl sites for hydroxylation is 4. The number of benzene rings is 2. The highest BCUT2D eigenvalue weighted by Crippen LogP contribution is 2.37. The third-order valence-corrected chi connectivity index (χ3v) is 15.1. The minimum atomic E-state index is -0.271. The Kier molecular flexibility index (Phi) is 12.0. The predicted molar refractivity (Wildman–Crippen MR) is 254 cm³/mol. The highest BCUT2D eigenvalue weighted by atomic mass is 16.5. The smallest absolute Gasteiger partial charge is 0.159 e. The summed E-state index contributed by atoms with van der Waals surface area (Å²) < 4.78 is 15.1. The number of anilines is 2. The Bertz CT molecular complexity index is 2500. The van der Waals surface area contributed by atoms with Crippen LogP contribution in [0.2, 0.25) is 0 Å². The highest BCUT2D eigenvalue weighted by Gasteiger charge is 2.32. The normalized spacial score (nSPS) is 22.9. The summed E-state index contributed by atoms with van der Waals surface area (Å²) in [4.78, 5) is 27.9. The maximum atomic E-state index is 9.69. The predicted octanol–water partition coefficient (Wildman–Crippen LogP) is 5.16. The number of rotatable bonds is 8. The third kappa shape index (κ3) is 8.67. The highest BCUT2D eigenvalue weighted by molar-refractivity contribution is 5.83. The van der Waals surface area contributed by atoms with Crippen molar-refractivity contribution in [2.24, 2.45) is 0 Å². The van der Waals surface area contributed by atoms with Gasteiger partial charge in [0.25, 0.3) is 0 Å². The average molecular weight is 897 g/mol. The fraction of sp³-hybridized carbons (Fsp3) is 0.560. The van der Waals surface area contributed by atoms with Crippen molar-refractivity contribution >= 4 is 33.4 Å². The number of hydrogen-bond acceptors (Lipinski definition) is 14. The topological polar surface area (TPSA) is 159 Å². The van der Waals surface area contributed by atoms with Gasteiger partial charge in [-0.05, 0) is 151 Å². The lowest BCUT2D eigenvalue weighted by atomic mass is 9.86. The Balaban J connectivity index is 0.000000146. The standard InChI is InChI=1S/2C25H32N6O2/c2*1-16-9-19-12-26-31(25-11-24(27-17(2)28-25)30-13-21(32)14-30)23(19)10-22(16)18-3-6-29(7-4-18)20-5-8-33-15-20/h2*9-12,18,20-21,32H,3-8,13-15H2,1-2H3. The molecule has 10 heterocycles. The van der Waals surface area contributed by atoms with E-state index in [1.54, 1.807) is 0 Å². The number of piperidine rings is 2. The SMILES string of the molecule is Cc1nc(N2CC(O)C2)cc(-n2ncc3cc(C)c(C4CCN(C5CCOC5)CC4)cc32)n1.Cc1nc(N2CC(O)C2)cc(-n2ncc3cc(C)c(C4CCN(C5CCOC5)CC4)cc32)n1. The molecule has 4 aromatic heterocycles. The Morgan fingerprint density at radius 2 is 0.894 bits per heavy atom. The minimum Gasteiger partial charge on any atom is -0.389 e. The first kappa shape index (κ1) is 43.5. The fourth-order valence-corrected chi connectivity index (χ4v) is 11.3. The van der Waals surface area contributed by atoms with Crippen LogP contribution in [0.1, 0.15) is 84.3 Å². The van der Waals surface area contributed by atoms with Crippen molar-refractivity contribution in [2.75, 3.05) is 88.6 Å². The van der Waals surface area contributed by atoms with Crippen LogP contribution >= 0.6 is 0 Å². The molecule has 2 aromatic carbocycles. The van der Waals surface area contributed by atoms with Gasteiger partial charge in [-0.3, -0.25) is 9.80 Å². The molecule has 6 fully saturated rings. The summed E-state index contributed by atoms with van der Waals surface area (Å²) in [5, 5.41) is 31.0. The summed E-state index contributed by atoms with van der Waals surface area (Å²) in [7, 11) is 0. The van der Waals surface area contributed by atoms with Crippen molar-refractivity contribution in [1.82, 2.24) is 49.3 Å². The second-order valence-electron chi connectivity index (χ2n) is 19.7. The van der Waals surface area contributed by atoms with Gasteiger partial charge in [-0.25, -0.2) is 29.3 Å². The van der Waals surface area contributed by atoms with Crippen LogP contribution in [0.15, 0.2) is 48.8 Å². The van der Waals surface area contributed by atoms with Gasteiger partial charge >= 0.3 is 0 Å². The number of aliphatic hydroxyl groups excluding tert-OH is 2. The van der Waals surface area contributed by atoms with Crippen LogP contribution in [0.5, 0.6) is 0 Å². The van der Waals surface area contributed by atoms with Gasteiger partial charge in [-0.15, -0.1) is 0 Å². The molecule has 16 nitrogen and oxygen atoms in total. The summed E-state index contributed by atoms with van der Waals surface area (Å²) >= 11 is 0. The lowest BCUT2D eigenvalue weighted by Gasteiger charge is -2.37. The molecule has 0 spiro atoms. The van der Waals surface area contributed by atoms with Crippen LogP contribution in [-0.2, 0) is 9.47 Å². The average Bonchev–Trinajstić information content (AvgIpc) is 4.15. The molecule has 348 valence electrons. The first-order valence-corrected chi connectivity index (χ1v) is 24.3. The maximum absolute atomic E-state index is 9.69. The molecule has 6 aromatic rings. The van der Waals surface area contributed by atoms with Crippen LogP contribution in [0, 0.1) is 27.7 Å². The fourth-order valence-electron chi connectivity index (χ4n) is 11.3. The van der Waals surface area contributed by atoms with E-state index in [4.69, 9.17) is 19.7 Å². The molecule has 6 aliphatic heterocycles. The minimum absolute atomic E-state index is 0.271. The number of aliphatic hydroxyl groups is 2. The third-order valence-electron chi connectivity index (χ3n) is 15.1. The number of β-amino-alcohol motifs (C(OH)–C–C–N with tert-alkyl or cyclic N) is 2. The number of ether oxygens (including phenoxy) is 2. The zero-order valence-electron chi connectivity index (χ0n) is 38.9. The summed E-state index contributed by atoms with van der Waals surface area (Å²) in [6.45, 7) is 18.9. The van der Waals surface area contributed by atoms with E-state index in [0.717, 1.165) is 97.7 Å². The van der Waals surface area contributed by atoms with Crippen LogP contribution in [-0.4, -0.2) is 163 Å². The Morgan fingerprint density at radius 1 is 0.500 bits per heavy atom. The van der Waals surface area contributed by atoms with Gasteiger partial charge in [0.1, 0.15) is 23.3 Å². The van der Waals surface area contributed by atoms with Gasteiger partial charge in [-0.1, -0.05) is 0 Å². The Labute approximate surface area is 386 Å². The van der Waals surface area contributed by atoms with Crippen molar-refractivity contribution in [3.05, 3.63) is 82.7 Å². The largest absolute Gasteiger partial charge is 0.389 e. The van der Waals surface area contributed by atoms with Crippen molar-refractivity contribution in [3.8, 4) is 11.6 Å². The van der Waals surface area contributed by atoms with Crippen molar-refractivity contribution in [1.29, 1.82) is 0 Å². The van der Waals surface area contributed by atoms with Gasteiger partial charge in [-0.2, -0.15) is 10.2 Å². The van der Waals surface area contributed by atoms with Gasteiger partial charge in [0.05, 0.1) is 48.8 Å². The molecule has 66 heavy (non-hydrogen) atoms. The van der Waals surface area contributed by atoms with Crippen molar-refractivity contribution < 1.29 is 19.7 Å². The van der Waals surface area contributed by atoms with E-state index in [0.29, 0.717) is 61.7 Å². The van der Waals surface area contributed by atoms with Gasteiger partial charge in [0.15, 0.2) is 11.6 Å². The first-order valence-electron chi connectivity index (χ1n) is 24.3. The zero-order chi connectivity index (χ0) is 45.1. The molecule has 2 N–H and O–H groups in total. The van der Waals surface area contributed by atoms with E-state index in [-0.39, 0.29) is 12.2 Å². The quantitative estimate of drug-likeness (QED) is 0.206. The molecule has 12 rings (SSSR count). The van der Waals surface area contributed by atoms with E-state index in [2.05, 4.69) is 77.6 Å². The van der Waals surface area contributed by atoms with E-state index < -0.39 is 0 Å². The van der Waals surface area contributed by atoms with Gasteiger partial charge < -0.3 is 29.5 Å². The molecule has 0 saturated carbocycles. The number of likely N-dealkylation sites (tertiary alicyclic amines) is 2. The molecule has 2 unspecified atom stereocenters. The number of hydrogen-bond donors (Lipinski definition) is 2. The van der Waals surface area contributed by atoms with Crippen molar-refractivity contribution in [2.45, 2.75) is 102 Å². The second-order valence-corrected chi connectivity index (χ2v) is 19.7. The molecule has 6 aliphatic rings. The zero-order valence-corrected chi connectivity index (χ0v) is 38.9. The molecule has 2 atom stereocenters. The second kappa shape index (κ2) is 18.2. The van der Waals surface area contributed by atoms with E-state index in [1.165, 1.54) is 60.8 Å². The molecule has 6 saturated heterocycles. The molecule has 16 heteroatoms. The van der Waals surface area contributed by atoms with Crippen LogP contribution in [0.3, 0.4) is 0 Å². The summed E-state index contributed by atoms with van der Waals surface area (Å²) in [5.41, 5.74) is 7.74. The van der Waals surface area contributed by atoms with Crippen LogP contribution < -0.4 is 9.80 Å². The molecule has 0 bridgehead atoms. The Hall–Kier alpha value is -5.10. The molecular weight excluding hydrogens is 833 g/mol. The number of nitrogens with zero attached hydrogens (tertiary/aromatic N) is 12. The Morgan fingerprint density at radius 3 is 1.26 bits per heavy atom. The molecule has 0 aliphatic carbocycles. The maximum Gasteiger partial charge on any atom is 0.159 e. The van der Waals surface area contributed by atoms with Crippen molar-refractivity contribution in [3.63, 3.8) is 0 Å². The summed E-state index contributed by atoms with van der Waals surface area (Å²) in [5.74, 6) is 5.82. The van der Waals surface area contributed by atoms with Crippen LogP contribution in [0.4, 0.5) is 11.6 Å². The van der Waals surface area contributed by atoms with E-state index >= 15 is 0 Å².